The van der Waals surface area contributed by atoms with Gasteiger partial charge in [0, 0.05) is 12.4 Å². The van der Waals surface area contributed by atoms with Crippen molar-refractivity contribution in [1.82, 2.24) is 9.55 Å². The third-order valence-corrected chi connectivity index (χ3v) is 10.1. The van der Waals surface area contributed by atoms with Crippen molar-refractivity contribution in [3.05, 3.63) is 180 Å². The number of hydrogen-bond acceptors (Lipinski definition) is 1. The molecule has 5 rings (SSSR count). The van der Waals surface area contributed by atoms with E-state index in [1.807, 2.05) is 48.9 Å². The van der Waals surface area contributed by atoms with E-state index in [1.165, 1.54) is 22.7 Å². The molecule has 0 aliphatic heterocycles. The lowest BCUT2D eigenvalue weighted by Gasteiger charge is -2.37. The second-order valence-corrected chi connectivity index (χ2v) is 11.5. The predicted octanol–water partition coefficient (Wildman–Crippen LogP) is 7.43. The first-order chi connectivity index (χ1) is 19.2. The van der Waals surface area contributed by atoms with Crippen LogP contribution in [0.3, 0.4) is 0 Å². The van der Waals surface area contributed by atoms with Gasteiger partial charge in [0.25, 0.3) is 0 Å². The minimum atomic E-state index is -0.551. The summed E-state index contributed by atoms with van der Waals surface area (Å²) in [6.45, 7) is 4.37. The molecule has 0 amide bonds. The molecule has 1 aromatic heterocycles. The van der Waals surface area contributed by atoms with Gasteiger partial charge in [-0.05, 0) is 47.7 Å². The van der Waals surface area contributed by atoms with E-state index in [9.17, 15) is 0 Å². The summed E-state index contributed by atoms with van der Waals surface area (Å²) in [4.78, 5) is 4.36. The van der Waals surface area contributed by atoms with Crippen LogP contribution < -0.4 is 0 Å². The average molecular weight is 523 g/mol. The molecule has 0 atom stereocenters. The molecule has 0 saturated carbocycles. The van der Waals surface area contributed by atoms with E-state index < -0.39 is 9.52 Å². The van der Waals surface area contributed by atoms with Crippen molar-refractivity contribution >= 4 is 22.9 Å². The highest BCUT2D eigenvalue weighted by Gasteiger charge is 2.35. The van der Waals surface area contributed by atoms with Crippen LogP contribution in [0.1, 0.15) is 36.1 Å². The first-order valence-electron chi connectivity index (χ1n) is 13.4. The van der Waals surface area contributed by atoms with Crippen molar-refractivity contribution in [2.45, 2.75) is 25.1 Å². The standard InChI is InChI=1S/C21H24N2Si.C14H11B/c1-3-18(2)16-24-21(23-15-14-22-17-23,19-10-6-4-7-11-19)20-12-8-5-9-13-20;15-11-14(12-7-3-1-4-8-12)13-9-5-2-6-10-13/h3-15,17H,16,24H2,1-2H3;1-11H. The van der Waals surface area contributed by atoms with E-state index in [4.69, 9.17) is 7.85 Å². The zero-order valence-corrected chi connectivity index (χ0v) is 24.2. The summed E-state index contributed by atoms with van der Waals surface area (Å²) in [6, 6.07) is 43.2. The Morgan fingerprint density at radius 3 is 1.62 bits per heavy atom. The maximum Gasteiger partial charge on any atom is 0.103 e. The van der Waals surface area contributed by atoms with Gasteiger partial charge in [-0.1, -0.05) is 133 Å². The summed E-state index contributed by atoms with van der Waals surface area (Å²) in [5.74, 6) is 1.66. The number of imidazole rings is 1. The van der Waals surface area contributed by atoms with Crippen LogP contribution in [0.25, 0.3) is 5.57 Å². The van der Waals surface area contributed by atoms with Crippen LogP contribution >= 0.6 is 0 Å². The molecular formula is C35H35BN2Si. The Morgan fingerprint density at radius 1 is 0.769 bits per heavy atom. The smallest absolute Gasteiger partial charge is 0.103 e. The molecule has 0 fully saturated rings. The van der Waals surface area contributed by atoms with Crippen LogP contribution in [0.5, 0.6) is 0 Å². The summed E-state index contributed by atoms with van der Waals surface area (Å²) in [6.07, 6.45) is 8.20. The molecule has 4 aromatic carbocycles. The van der Waals surface area contributed by atoms with Crippen molar-refractivity contribution in [2.75, 3.05) is 0 Å². The highest BCUT2D eigenvalue weighted by Crippen LogP contribution is 2.34. The highest BCUT2D eigenvalue weighted by molar-refractivity contribution is 6.42. The molecular weight excluding hydrogens is 487 g/mol. The first kappa shape index (κ1) is 27.9. The maximum atomic E-state index is 5.67. The zero-order chi connectivity index (χ0) is 27.3. The van der Waals surface area contributed by atoms with Crippen molar-refractivity contribution in [2.24, 2.45) is 0 Å². The van der Waals surface area contributed by atoms with E-state index in [1.54, 1.807) is 5.98 Å². The number of allylic oxidation sites excluding steroid dienone is 2. The zero-order valence-electron chi connectivity index (χ0n) is 22.8. The molecule has 0 unspecified atom stereocenters. The molecule has 1 heterocycles. The monoisotopic (exact) mass is 522 g/mol. The van der Waals surface area contributed by atoms with Gasteiger partial charge in [0.05, 0.1) is 21.0 Å². The van der Waals surface area contributed by atoms with Crippen LogP contribution in [0.2, 0.25) is 6.04 Å². The Hall–Kier alpha value is -4.15. The highest BCUT2D eigenvalue weighted by atomic mass is 28.2. The van der Waals surface area contributed by atoms with E-state index in [0.29, 0.717) is 0 Å². The molecule has 192 valence electrons. The minimum Gasteiger partial charge on any atom is -0.327 e. The van der Waals surface area contributed by atoms with Crippen LogP contribution in [-0.2, 0) is 5.16 Å². The maximum absolute atomic E-state index is 5.67. The number of nitrogens with zero attached hydrogens (tertiary/aromatic N) is 2. The van der Waals surface area contributed by atoms with E-state index in [2.05, 4.69) is 121 Å². The van der Waals surface area contributed by atoms with E-state index in [-0.39, 0.29) is 5.16 Å². The van der Waals surface area contributed by atoms with Gasteiger partial charge in [0.15, 0.2) is 0 Å². The molecule has 5 aromatic rings. The Labute approximate surface area is 237 Å². The fraction of sp³-hybridized carbons (Fsp3) is 0.114. The van der Waals surface area contributed by atoms with Gasteiger partial charge in [-0.15, -0.1) is 5.98 Å². The van der Waals surface area contributed by atoms with E-state index in [0.717, 1.165) is 16.7 Å². The second-order valence-electron chi connectivity index (χ2n) is 9.51. The lowest BCUT2D eigenvalue weighted by Crippen LogP contribution is -2.41. The number of benzene rings is 4. The molecule has 0 saturated heterocycles. The summed E-state index contributed by atoms with van der Waals surface area (Å²) >= 11 is 0. The van der Waals surface area contributed by atoms with Crippen molar-refractivity contribution in [1.29, 1.82) is 0 Å². The van der Waals surface area contributed by atoms with Crippen LogP contribution in [-0.4, -0.2) is 26.9 Å². The molecule has 0 aliphatic carbocycles. The molecule has 4 heteroatoms. The Balaban J connectivity index is 0.000000202. The summed E-state index contributed by atoms with van der Waals surface area (Å²) in [7, 11) is 5.12. The molecule has 0 spiro atoms. The quantitative estimate of drug-likeness (QED) is 0.153. The van der Waals surface area contributed by atoms with Crippen molar-refractivity contribution in [3.63, 3.8) is 0 Å². The summed E-state index contributed by atoms with van der Waals surface area (Å²) < 4.78 is 2.31. The Kier molecular flexibility index (Phi) is 10.1. The van der Waals surface area contributed by atoms with Gasteiger partial charge in [-0.3, -0.25) is 0 Å². The number of hydrogen-bond donors (Lipinski definition) is 0. The van der Waals surface area contributed by atoms with Gasteiger partial charge in [0.2, 0.25) is 0 Å². The topological polar surface area (TPSA) is 17.8 Å². The van der Waals surface area contributed by atoms with Crippen LogP contribution in [0, 0.1) is 0 Å². The second kappa shape index (κ2) is 14.1. The van der Waals surface area contributed by atoms with Gasteiger partial charge in [-0.25, -0.2) is 4.98 Å². The SMILES string of the molecule is CC=C(C)C[SiH2]C(c1ccccc1)(c1ccccc1)n1ccnc1.[B]C=C(c1ccccc1)c1ccccc1. The van der Waals surface area contributed by atoms with Gasteiger partial charge < -0.3 is 4.57 Å². The molecule has 0 N–H and O–H groups in total. The molecule has 0 aliphatic rings. The van der Waals surface area contributed by atoms with E-state index >= 15 is 0 Å². The molecule has 2 radical (unpaired) electrons. The van der Waals surface area contributed by atoms with Gasteiger partial charge in [-0.2, -0.15) is 0 Å². The summed E-state index contributed by atoms with van der Waals surface area (Å²) in [5.41, 5.74) is 7.53. The largest absolute Gasteiger partial charge is 0.327 e. The fourth-order valence-electron chi connectivity index (χ4n) is 4.91. The third kappa shape index (κ3) is 6.84. The molecule has 39 heavy (non-hydrogen) atoms. The Morgan fingerprint density at radius 2 is 1.23 bits per heavy atom. The van der Waals surface area contributed by atoms with Crippen molar-refractivity contribution in [3.8, 4) is 0 Å². The lowest BCUT2D eigenvalue weighted by atomic mass is 9.92. The average Bonchev–Trinajstić information content (AvgIpc) is 3.56. The predicted molar refractivity (Wildman–Crippen MR) is 170 cm³/mol. The number of rotatable bonds is 8. The van der Waals surface area contributed by atoms with Crippen LogP contribution in [0.15, 0.2) is 158 Å². The molecule has 2 nitrogen and oxygen atoms in total. The minimum absolute atomic E-state index is 0.108. The third-order valence-electron chi connectivity index (χ3n) is 7.16. The first-order valence-corrected chi connectivity index (χ1v) is 15.1. The fourth-order valence-corrected chi connectivity index (χ4v) is 7.45. The van der Waals surface area contributed by atoms with Crippen LogP contribution in [0.4, 0.5) is 0 Å². The number of aromatic nitrogens is 2. The summed E-state index contributed by atoms with van der Waals surface area (Å²) in [5, 5.41) is -0.108. The van der Waals surface area contributed by atoms with Crippen molar-refractivity contribution < 1.29 is 0 Å². The normalized spacial score (nSPS) is 11.6. The lowest BCUT2D eigenvalue weighted by molar-refractivity contribution is 0.592. The van der Waals surface area contributed by atoms with Gasteiger partial charge >= 0.3 is 0 Å². The molecule has 0 bridgehead atoms. The van der Waals surface area contributed by atoms with Gasteiger partial charge in [0.1, 0.15) is 7.85 Å². The Bertz CT molecular complexity index is 1370.